The number of nitrogens with zero attached hydrogens (tertiary/aromatic N) is 1. The lowest BCUT2D eigenvalue weighted by atomic mass is 10.1. The second-order valence-electron chi connectivity index (χ2n) is 3.78. The molecule has 90 valence electrons. The molecule has 18 heavy (non-hydrogen) atoms. The third kappa shape index (κ3) is 1.49. The first-order chi connectivity index (χ1) is 8.65. The maximum atomic E-state index is 11.7. The fourth-order valence-corrected chi connectivity index (χ4v) is 1.83. The van der Waals surface area contributed by atoms with Gasteiger partial charge in [-0.1, -0.05) is 12.1 Å². The lowest BCUT2D eigenvalue weighted by Gasteiger charge is -1.98. The minimum absolute atomic E-state index is 0.0797. The highest BCUT2D eigenvalue weighted by Gasteiger charge is 2.12. The van der Waals surface area contributed by atoms with Crippen LogP contribution in [-0.4, -0.2) is 25.3 Å². The van der Waals surface area contributed by atoms with Crippen LogP contribution in [-0.2, 0) is 0 Å². The van der Waals surface area contributed by atoms with Crippen LogP contribution in [0.1, 0.15) is 0 Å². The number of hydrogen-bond acceptors (Lipinski definition) is 4. The van der Waals surface area contributed by atoms with E-state index in [1.165, 1.54) is 12.1 Å². The zero-order valence-corrected chi connectivity index (χ0v) is 9.02. The molecule has 0 aliphatic rings. The predicted molar refractivity (Wildman–Crippen MR) is 64.4 cm³/mol. The minimum atomic E-state index is -0.610. The molecule has 0 spiro atoms. The number of benzene rings is 1. The highest BCUT2D eigenvalue weighted by molar-refractivity contribution is 5.89. The van der Waals surface area contributed by atoms with Gasteiger partial charge in [0, 0.05) is 5.56 Å². The van der Waals surface area contributed by atoms with Gasteiger partial charge in [0.05, 0.1) is 5.69 Å². The van der Waals surface area contributed by atoms with E-state index in [4.69, 9.17) is 0 Å². The molecule has 7 heteroatoms. The summed E-state index contributed by atoms with van der Waals surface area (Å²) in [6, 6.07) is 6.39. The van der Waals surface area contributed by atoms with E-state index in [0.717, 1.165) is 0 Å². The van der Waals surface area contributed by atoms with Crippen molar-refractivity contribution in [2.24, 2.45) is 0 Å². The van der Waals surface area contributed by atoms with Crippen molar-refractivity contribution in [2.75, 3.05) is 0 Å². The van der Waals surface area contributed by atoms with Gasteiger partial charge in [0.1, 0.15) is 11.1 Å². The van der Waals surface area contributed by atoms with Crippen LogP contribution in [0.2, 0.25) is 0 Å². The minimum Gasteiger partial charge on any atom is -0.508 e. The first-order valence-corrected chi connectivity index (χ1v) is 5.15. The highest BCUT2D eigenvalue weighted by Crippen LogP contribution is 2.24. The summed E-state index contributed by atoms with van der Waals surface area (Å²) in [5, 5.41) is 16.2. The van der Waals surface area contributed by atoms with Crippen molar-refractivity contribution in [2.45, 2.75) is 0 Å². The van der Waals surface area contributed by atoms with Crippen LogP contribution in [0.15, 0.2) is 33.9 Å². The molecule has 4 N–H and O–H groups in total. The number of hydrogen-bond donors (Lipinski definition) is 4. The molecule has 0 saturated carbocycles. The average Bonchev–Trinajstić information content (AvgIpc) is 2.72. The van der Waals surface area contributed by atoms with E-state index >= 15 is 0 Å². The standard InChI is InChI=1S/C11H8N4O3/c16-6-3-1-2-5(4-6)8-7-9(15-14-8)12-11(18)13-10(7)17/h1-4,16H,(H3,12,13,14,15,17,18). The third-order valence-corrected chi connectivity index (χ3v) is 2.59. The van der Waals surface area contributed by atoms with Crippen molar-refractivity contribution >= 4 is 11.0 Å². The number of aromatic nitrogens is 4. The molecule has 0 bridgehead atoms. The zero-order valence-electron chi connectivity index (χ0n) is 9.02. The quantitative estimate of drug-likeness (QED) is 0.493. The van der Waals surface area contributed by atoms with Gasteiger partial charge in [0.25, 0.3) is 5.56 Å². The van der Waals surface area contributed by atoms with Crippen LogP contribution in [0.5, 0.6) is 5.75 Å². The molecule has 7 nitrogen and oxygen atoms in total. The van der Waals surface area contributed by atoms with Gasteiger partial charge >= 0.3 is 5.69 Å². The predicted octanol–water partition coefficient (Wildman–Crippen LogP) is 0.312. The Morgan fingerprint density at radius 1 is 1.17 bits per heavy atom. The molecule has 0 aliphatic heterocycles. The molecule has 0 aliphatic carbocycles. The van der Waals surface area contributed by atoms with E-state index in [-0.39, 0.29) is 16.8 Å². The number of fused-ring (bicyclic) bond motifs is 1. The molecule has 2 aromatic heterocycles. The molecule has 3 aromatic rings. The Labute approximate surface area is 99.1 Å². The Morgan fingerprint density at radius 3 is 2.78 bits per heavy atom. The lowest BCUT2D eigenvalue weighted by Crippen LogP contribution is -2.21. The van der Waals surface area contributed by atoms with Gasteiger partial charge in [-0.25, -0.2) is 4.79 Å². The topological polar surface area (TPSA) is 115 Å². The summed E-state index contributed by atoms with van der Waals surface area (Å²) < 4.78 is 0. The molecule has 1 aromatic carbocycles. The molecule has 2 heterocycles. The van der Waals surface area contributed by atoms with E-state index < -0.39 is 11.2 Å². The van der Waals surface area contributed by atoms with Crippen molar-refractivity contribution in [3.8, 4) is 17.0 Å². The van der Waals surface area contributed by atoms with Gasteiger partial charge in [-0.05, 0) is 12.1 Å². The molecule has 0 amide bonds. The first-order valence-electron chi connectivity index (χ1n) is 5.15. The van der Waals surface area contributed by atoms with Crippen molar-refractivity contribution in [1.29, 1.82) is 0 Å². The number of H-pyrrole nitrogens is 3. The third-order valence-electron chi connectivity index (χ3n) is 2.59. The normalized spacial score (nSPS) is 10.9. The van der Waals surface area contributed by atoms with Crippen LogP contribution in [0.4, 0.5) is 0 Å². The Hall–Kier alpha value is -2.83. The fourth-order valence-electron chi connectivity index (χ4n) is 1.83. The van der Waals surface area contributed by atoms with Crippen LogP contribution in [0.3, 0.4) is 0 Å². The summed E-state index contributed by atoms with van der Waals surface area (Å²) in [6.45, 7) is 0. The summed E-state index contributed by atoms with van der Waals surface area (Å²) in [5.74, 6) is 0.0797. The van der Waals surface area contributed by atoms with Gasteiger partial charge in [-0.3, -0.25) is 19.9 Å². The number of nitrogens with one attached hydrogen (secondary N) is 3. The van der Waals surface area contributed by atoms with E-state index in [2.05, 4.69) is 20.2 Å². The number of aromatic hydroxyl groups is 1. The maximum absolute atomic E-state index is 11.7. The highest BCUT2D eigenvalue weighted by atomic mass is 16.3. The summed E-state index contributed by atoms with van der Waals surface area (Å²) in [6.07, 6.45) is 0. The summed E-state index contributed by atoms with van der Waals surface area (Å²) >= 11 is 0. The van der Waals surface area contributed by atoms with Gasteiger partial charge in [0.15, 0.2) is 5.65 Å². The van der Waals surface area contributed by atoms with Crippen molar-refractivity contribution < 1.29 is 5.11 Å². The SMILES string of the molecule is O=c1[nH]c(=O)c2c(-c3cccc(O)c3)[nH]nc2[nH]1. The number of phenols is 1. The van der Waals surface area contributed by atoms with E-state index in [1.807, 2.05) is 0 Å². The monoisotopic (exact) mass is 244 g/mol. The molecule has 0 unspecified atom stereocenters. The Bertz CT molecular complexity index is 843. The first kappa shape index (κ1) is 10.3. The van der Waals surface area contributed by atoms with E-state index in [0.29, 0.717) is 11.3 Å². The molecule has 3 rings (SSSR count). The molecule has 0 fully saturated rings. The van der Waals surface area contributed by atoms with Crippen molar-refractivity contribution in [1.82, 2.24) is 20.2 Å². The number of rotatable bonds is 1. The van der Waals surface area contributed by atoms with Crippen LogP contribution in [0, 0.1) is 0 Å². The lowest BCUT2D eigenvalue weighted by molar-refractivity contribution is 0.475. The summed E-state index contributed by atoms with van der Waals surface area (Å²) in [5.41, 5.74) is 0.0952. The fraction of sp³-hybridized carbons (Fsp3) is 0. The average molecular weight is 244 g/mol. The summed E-state index contributed by atoms with van der Waals surface area (Å²) in [7, 11) is 0. The van der Waals surface area contributed by atoms with Gasteiger partial charge in [-0.2, -0.15) is 5.10 Å². The Kier molecular flexibility index (Phi) is 2.06. The molecule has 0 saturated heterocycles. The summed E-state index contributed by atoms with van der Waals surface area (Å²) in [4.78, 5) is 27.4. The molecule has 0 atom stereocenters. The van der Waals surface area contributed by atoms with E-state index in [9.17, 15) is 14.7 Å². The molecule has 0 radical (unpaired) electrons. The zero-order chi connectivity index (χ0) is 12.7. The van der Waals surface area contributed by atoms with Gasteiger partial charge in [-0.15, -0.1) is 0 Å². The Balaban J connectivity index is 2.38. The number of phenolic OH excluding ortho intramolecular Hbond substituents is 1. The Morgan fingerprint density at radius 2 is 2.00 bits per heavy atom. The van der Waals surface area contributed by atoms with Crippen LogP contribution >= 0.6 is 0 Å². The largest absolute Gasteiger partial charge is 0.508 e. The van der Waals surface area contributed by atoms with Crippen molar-refractivity contribution in [3.05, 3.63) is 45.1 Å². The smallest absolute Gasteiger partial charge is 0.327 e. The second-order valence-corrected chi connectivity index (χ2v) is 3.78. The van der Waals surface area contributed by atoms with Crippen LogP contribution in [0.25, 0.3) is 22.3 Å². The molecular formula is C11H8N4O3. The van der Waals surface area contributed by atoms with Crippen LogP contribution < -0.4 is 11.2 Å². The van der Waals surface area contributed by atoms with Gasteiger partial charge in [0.2, 0.25) is 0 Å². The second kappa shape index (κ2) is 3.59. The van der Waals surface area contributed by atoms with Gasteiger partial charge < -0.3 is 5.11 Å². The number of aromatic amines is 3. The maximum Gasteiger partial charge on any atom is 0.327 e. The van der Waals surface area contributed by atoms with Crippen molar-refractivity contribution in [3.63, 3.8) is 0 Å². The molecular weight excluding hydrogens is 236 g/mol. The van der Waals surface area contributed by atoms with E-state index in [1.54, 1.807) is 12.1 Å².